The predicted octanol–water partition coefficient (Wildman–Crippen LogP) is 1.07. The molecule has 0 aliphatic carbocycles. The number of H-pyrrole nitrogens is 1. The van der Waals surface area contributed by atoms with Gasteiger partial charge in [-0.3, -0.25) is 5.10 Å². The SMILES string of the molecule is CS(=O)(=O)N1C2COCC1CN(c1cc(Cl)cc3[nH]ncc13)C2. The van der Waals surface area contributed by atoms with Crippen LogP contribution < -0.4 is 4.90 Å². The number of halogens is 1. The summed E-state index contributed by atoms with van der Waals surface area (Å²) < 4.78 is 31.3. The number of piperazine rings is 1. The Balaban J connectivity index is 1.73. The number of hydrogen-bond donors (Lipinski definition) is 1. The number of aromatic nitrogens is 2. The summed E-state index contributed by atoms with van der Waals surface area (Å²) in [6.45, 7) is 1.97. The van der Waals surface area contributed by atoms with E-state index in [1.54, 1.807) is 10.5 Å². The van der Waals surface area contributed by atoms with Crippen LogP contribution in [0.4, 0.5) is 5.69 Å². The van der Waals surface area contributed by atoms with Crippen LogP contribution in [0.2, 0.25) is 5.02 Å². The Kier molecular flexibility index (Phi) is 3.53. The molecule has 3 heterocycles. The second-order valence-corrected chi connectivity index (χ2v) is 8.42. The molecule has 0 amide bonds. The van der Waals surface area contributed by atoms with Gasteiger partial charge in [0, 0.05) is 29.2 Å². The molecule has 1 N–H and O–H groups in total. The average molecular weight is 357 g/mol. The van der Waals surface area contributed by atoms with Crippen LogP contribution in [-0.2, 0) is 14.8 Å². The first kappa shape index (κ1) is 15.2. The number of ether oxygens (including phenoxy) is 1. The number of nitrogens with zero attached hydrogens (tertiary/aromatic N) is 3. The third-order valence-electron chi connectivity index (χ3n) is 4.43. The minimum absolute atomic E-state index is 0.182. The summed E-state index contributed by atoms with van der Waals surface area (Å²) in [5.74, 6) is 0. The Hall–Kier alpha value is -1.35. The Bertz CT molecular complexity index is 839. The number of aromatic amines is 1. The molecule has 9 heteroatoms. The van der Waals surface area contributed by atoms with E-state index >= 15 is 0 Å². The number of sulfonamides is 1. The van der Waals surface area contributed by atoms with Crippen LogP contribution in [0, 0.1) is 0 Å². The van der Waals surface area contributed by atoms with Gasteiger partial charge in [-0.2, -0.15) is 9.40 Å². The van der Waals surface area contributed by atoms with Crippen LogP contribution in [0.3, 0.4) is 0 Å². The Morgan fingerprint density at radius 1 is 1.30 bits per heavy atom. The molecule has 4 rings (SSSR count). The fourth-order valence-corrected chi connectivity index (χ4v) is 5.18. The molecule has 2 atom stereocenters. The van der Waals surface area contributed by atoms with Gasteiger partial charge in [0.1, 0.15) is 0 Å². The van der Waals surface area contributed by atoms with Crippen molar-refractivity contribution in [1.29, 1.82) is 0 Å². The molecule has 0 spiro atoms. The van der Waals surface area contributed by atoms with Gasteiger partial charge in [-0.15, -0.1) is 0 Å². The zero-order valence-corrected chi connectivity index (χ0v) is 14.1. The molecule has 7 nitrogen and oxygen atoms in total. The highest BCUT2D eigenvalue weighted by atomic mass is 35.5. The van der Waals surface area contributed by atoms with Crippen molar-refractivity contribution in [3.8, 4) is 0 Å². The predicted molar refractivity (Wildman–Crippen MR) is 88.4 cm³/mol. The molecule has 23 heavy (non-hydrogen) atoms. The second-order valence-electron chi connectivity index (χ2n) is 6.10. The maximum Gasteiger partial charge on any atom is 0.211 e. The normalized spacial score (nSPS) is 25.9. The number of anilines is 1. The molecule has 2 fully saturated rings. The molecule has 0 saturated carbocycles. The number of nitrogens with one attached hydrogen (secondary N) is 1. The lowest BCUT2D eigenvalue weighted by molar-refractivity contribution is -0.0140. The number of hydrogen-bond acceptors (Lipinski definition) is 5. The van der Waals surface area contributed by atoms with Crippen molar-refractivity contribution in [3.05, 3.63) is 23.4 Å². The third kappa shape index (κ3) is 2.59. The van der Waals surface area contributed by atoms with E-state index in [2.05, 4.69) is 15.1 Å². The highest BCUT2D eigenvalue weighted by Gasteiger charge is 2.43. The Labute approximate surface area is 139 Å². The molecule has 0 radical (unpaired) electrons. The Morgan fingerprint density at radius 2 is 2.00 bits per heavy atom. The summed E-state index contributed by atoms with van der Waals surface area (Å²) in [6.07, 6.45) is 3.04. The molecule has 2 unspecified atom stereocenters. The van der Waals surface area contributed by atoms with Gasteiger partial charge in [-0.25, -0.2) is 8.42 Å². The van der Waals surface area contributed by atoms with Crippen LogP contribution in [0.5, 0.6) is 0 Å². The van der Waals surface area contributed by atoms with Gasteiger partial charge in [0.15, 0.2) is 0 Å². The fourth-order valence-electron chi connectivity index (χ4n) is 3.63. The van der Waals surface area contributed by atoms with E-state index in [1.807, 2.05) is 12.1 Å². The summed E-state index contributed by atoms with van der Waals surface area (Å²) in [5.41, 5.74) is 1.85. The molecule has 2 aromatic rings. The van der Waals surface area contributed by atoms with Gasteiger partial charge < -0.3 is 9.64 Å². The summed E-state index contributed by atoms with van der Waals surface area (Å²) in [6, 6.07) is 3.38. The van der Waals surface area contributed by atoms with E-state index in [9.17, 15) is 8.42 Å². The van der Waals surface area contributed by atoms with Crippen molar-refractivity contribution in [2.24, 2.45) is 0 Å². The molecule has 2 bridgehead atoms. The van der Waals surface area contributed by atoms with E-state index in [1.165, 1.54) is 6.26 Å². The van der Waals surface area contributed by atoms with Gasteiger partial charge >= 0.3 is 0 Å². The maximum absolute atomic E-state index is 12.1. The minimum Gasteiger partial charge on any atom is -0.378 e. The maximum atomic E-state index is 12.1. The summed E-state index contributed by atoms with van der Waals surface area (Å²) in [4.78, 5) is 2.18. The van der Waals surface area contributed by atoms with E-state index in [0.29, 0.717) is 31.3 Å². The first-order chi connectivity index (χ1) is 10.9. The highest BCUT2D eigenvalue weighted by Crippen LogP contribution is 2.34. The summed E-state index contributed by atoms with van der Waals surface area (Å²) in [7, 11) is -3.25. The van der Waals surface area contributed by atoms with Crippen molar-refractivity contribution in [3.63, 3.8) is 0 Å². The van der Waals surface area contributed by atoms with Crippen LogP contribution in [0.1, 0.15) is 0 Å². The van der Waals surface area contributed by atoms with E-state index < -0.39 is 10.0 Å². The summed E-state index contributed by atoms with van der Waals surface area (Å²) in [5, 5.41) is 8.63. The highest BCUT2D eigenvalue weighted by molar-refractivity contribution is 7.88. The zero-order chi connectivity index (χ0) is 16.2. The molecular weight excluding hydrogens is 340 g/mol. The first-order valence-electron chi connectivity index (χ1n) is 7.37. The lowest BCUT2D eigenvalue weighted by atomic mass is 10.1. The number of fused-ring (bicyclic) bond motifs is 3. The lowest BCUT2D eigenvalue weighted by Crippen LogP contribution is -2.66. The van der Waals surface area contributed by atoms with E-state index in [0.717, 1.165) is 16.6 Å². The van der Waals surface area contributed by atoms with Crippen LogP contribution in [0.25, 0.3) is 10.9 Å². The monoisotopic (exact) mass is 356 g/mol. The van der Waals surface area contributed by atoms with Gasteiger partial charge in [0.25, 0.3) is 0 Å². The van der Waals surface area contributed by atoms with Crippen molar-refractivity contribution in [2.45, 2.75) is 12.1 Å². The fraction of sp³-hybridized carbons (Fsp3) is 0.500. The third-order valence-corrected chi connectivity index (χ3v) is 6.01. The van der Waals surface area contributed by atoms with Crippen molar-refractivity contribution in [2.75, 3.05) is 37.5 Å². The van der Waals surface area contributed by atoms with Crippen LogP contribution >= 0.6 is 11.6 Å². The molecule has 1 aromatic carbocycles. The van der Waals surface area contributed by atoms with Gasteiger partial charge in [0.05, 0.1) is 43.3 Å². The van der Waals surface area contributed by atoms with Crippen molar-refractivity contribution in [1.82, 2.24) is 14.5 Å². The standard InChI is InChI=1S/C14H17ClN4O3S/c1-23(20,21)19-10-5-18(6-11(19)8-22-7-10)14-3-9(15)2-13-12(14)4-16-17-13/h2-4,10-11H,5-8H2,1H3,(H,16,17). The topological polar surface area (TPSA) is 78.5 Å². The lowest BCUT2D eigenvalue weighted by Gasteiger charge is -2.49. The van der Waals surface area contributed by atoms with Crippen molar-refractivity contribution < 1.29 is 13.2 Å². The van der Waals surface area contributed by atoms with Crippen LogP contribution in [-0.4, -0.2) is 67.6 Å². The minimum atomic E-state index is -3.25. The van der Waals surface area contributed by atoms with Crippen molar-refractivity contribution >= 4 is 38.2 Å². The molecular formula is C14H17ClN4O3S. The molecule has 124 valence electrons. The van der Waals surface area contributed by atoms with Gasteiger partial charge in [0.2, 0.25) is 10.0 Å². The largest absolute Gasteiger partial charge is 0.378 e. The Morgan fingerprint density at radius 3 is 2.65 bits per heavy atom. The van der Waals surface area contributed by atoms with Gasteiger partial charge in [-0.1, -0.05) is 11.6 Å². The smallest absolute Gasteiger partial charge is 0.211 e. The zero-order valence-electron chi connectivity index (χ0n) is 12.6. The molecule has 1 aromatic heterocycles. The average Bonchev–Trinajstić information content (AvgIpc) is 2.92. The molecule has 2 aliphatic rings. The summed E-state index contributed by atoms with van der Waals surface area (Å²) >= 11 is 6.22. The number of benzene rings is 1. The van der Waals surface area contributed by atoms with Gasteiger partial charge in [-0.05, 0) is 12.1 Å². The van der Waals surface area contributed by atoms with Crippen LogP contribution in [0.15, 0.2) is 18.3 Å². The second kappa shape index (κ2) is 5.34. The van der Waals surface area contributed by atoms with E-state index in [4.69, 9.17) is 16.3 Å². The molecule has 2 aliphatic heterocycles. The van der Waals surface area contributed by atoms with E-state index in [-0.39, 0.29) is 12.1 Å². The quantitative estimate of drug-likeness (QED) is 0.870. The molecule has 2 saturated heterocycles. The first-order valence-corrected chi connectivity index (χ1v) is 9.60. The number of morpholine rings is 1. The number of rotatable bonds is 2.